The maximum absolute atomic E-state index is 12.4. The zero-order valence-electron chi connectivity index (χ0n) is 20.3. The van der Waals surface area contributed by atoms with E-state index in [1.165, 1.54) is 0 Å². The van der Waals surface area contributed by atoms with Crippen LogP contribution in [0, 0.1) is 11.8 Å². The molecule has 2 saturated heterocycles. The summed E-state index contributed by atoms with van der Waals surface area (Å²) in [6.45, 7) is 12.5. The molecule has 1 aromatic rings. The maximum atomic E-state index is 12.4. The van der Waals surface area contributed by atoms with Gasteiger partial charge in [0.25, 0.3) is 0 Å². The molecule has 1 N–H and O–H groups in total. The second-order valence-corrected chi connectivity index (χ2v) is 9.99. The van der Waals surface area contributed by atoms with Gasteiger partial charge in [0.1, 0.15) is 5.60 Å². The third-order valence-corrected chi connectivity index (χ3v) is 6.34. The highest BCUT2D eigenvalue weighted by Crippen LogP contribution is 2.27. The topological polar surface area (TPSA) is 75.0 Å². The van der Waals surface area contributed by atoms with Crippen LogP contribution in [-0.2, 0) is 4.74 Å². The number of aromatic nitrogens is 2. The fourth-order valence-electron chi connectivity index (χ4n) is 4.61. The molecule has 32 heavy (non-hydrogen) atoms. The zero-order valence-corrected chi connectivity index (χ0v) is 22.6. The van der Waals surface area contributed by atoms with E-state index in [9.17, 15) is 4.79 Å². The monoisotopic (exact) mass is 560 g/mol. The lowest BCUT2D eigenvalue weighted by molar-refractivity contribution is 0.0162. The van der Waals surface area contributed by atoms with Crippen LogP contribution in [0.1, 0.15) is 59.4 Å². The van der Waals surface area contributed by atoms with E-state index < -0.39 is 5.60 Å². The summed E-state index contributed by atoms with van der Waals surface area (Å²) in [6.07, 6.45) is 9.99. The first-order valence-corrected chi connectivity index (χ1v) is 11.7. The van der Waals surface area contributed by atoms with E-state index in [1.807, 2.05) is 45.2 Å². The first-order chi connectivity index (χ1) is 14.8. The molecule has 0 aliphatic carbocycles. The molecule has 2 aliphatic rings. The number of carbonyl (C=O) groups excluding carboxylic acids is 1. The largest absolute Gasteiger partial charge is 0.444 e. The molecule has 3 unspecified atom stereocenters. The van der Waals surface area contributed by atoms with Crippen LogP contribution in [0.25, 0.3) is 0 Å². The number of rotatable bonds is 4. The van der Waals surface area contributed by atoms with Crippen LogP contribution in [-0.4, -0.2) is 76.8 Å². The highest BCUT2D eigenvalue weighted by atomic mass is 127. The van der Waals surface area contributed by atoms with E-state index in [1.54, 1.807) is 0 Å². The molecule has 0 bridgehead atoms. The molecule has 2 fully saturated rings. The molecule has 182 valence electrons. The van der Waals surface area contributed by atoms with Crippen molar-refractivity contribution in [3.05, 3.63) is 18.7 Å². The predicted octanol–water partition coefficient (Wildman–Crippen LogP) is 4.00. The van der Waals surface area contributed by atoms with Crippen LogP contribution in [0.2, 0.25) is 0 Å². The van der Waals surface area contributed by atoms with Crippen molar-refractivity contribution in [1.29, 1.82) is 0 Å². The normalized spacial score (nSPS) is 24.7. The van der Waals surface area contributed by atoms with Crippen molar-refractivity contribution in [2.24, 2.45) is 16.8 Å². The Morgan fingerprint density at radius 1 is 1.22 bits per heavy atom. The van der Waals surface area contributed by atoms with Crippen molar-refractivity contribution < 1.29 is 9.53 Å². The second-order valence-electron chi connectivity index (χ2n) is 9.99. The van der Waals surface area contributed by atoms with Crippen molar-refractivity contribution in [2.45, 2.75) is 65.0 Å². The fourth-order valence-corrected chi connectivity index (χ4v) is 4.61. The van der Waals surface area contributed by atoms with Gasteiger partial charge in [-0.3, -0.25) is 4.99 Å². The summed E-state index contributed by atoms with van der Waals surface area (Å²) in [4.78, 5) is 25.4. The Balaban J connectivity index is 0.00000363. The summed E-state index contributed by atoms with van der Waals surface area (Å²) in [5.74, 6) is 2.08. The number of halogens is 1. The number of guanidine groups is 1. The summed E-state index contributed by atoms with van der Waals surface area (Å²) in [5.41, 5.74) is -0.446. The van der Waals surface area contributed by atoms with Gasteiger partial charge in [-0.15, -0.1) is 24.0 Å². The number of hydrogen-bond acceptors (Lipinski definition) is 4. The Morgan fingerprint density at radius 3 is 2.66 bits per heavy atom. The number of ether oxygens (including phenoxy) is 1. The van der Waals surface area contributed by atoms with Gasteiger partial charge in [0.05, 0.1) is 12.4 Å². The van der Waals surface area contributed by atoms with E-state index in [0.717, 1.165) is 64.4 Å². The molecule has 0 spiro atoms. The van der Waals surface area contributed by atoms with Crippen molar-refractivity contribution >= 4 is 36.0 Å². The molecular weight excluding hydrogens is 519 g/mol. The summed E-state index contributed by atoms with van der Waals surface area (Å²) >= 11 is 0. The number of amides is 1. The average molecular weight is 561 g/mol. The smallest absolute Gasteiger partial charge is 0.410 e. The first-order valence-electron chi connectivity index (χ1n) is 11.7. The third kappa shape index (κ3) is 7.52. The third-order valence-electron chi connectivity index (χ3n) is 6.34. The van der Waals surface area contributed by atoms with Crippen LogP contribution in [0.3, 0.4) is 0 Å². The van der Waals surface area contributed by atoms with Gasteiger partial charge in [0.15, 0.2) is 5.96 Å². The predicted molar refractivity (Wildman–Crippen MR) is 139 cm³/mol. The zero-order chi connectivity index (χ0) is 22.4. The molecular formula is C23H41IN6O2. The lowest BCUT2D eigenvalue weighted by Crippen LogP contribution is -2.49. The van der Waals surface area contributed by atoms with Crippen LogP contribution in [0.5, 0.6) is 0 Å². The van der Waals surface area contributed by atoms with Gasteiger partial charge in [0, 0.05) is 52.2 Å². The SMILES string of the molecule is CN=C(NCCC1CCCN(C(=O)OC(C)(C)C)C1)N1CCC(C)C(n2ccnc2)C1.I. The van der Waals surface area contributed by atoms with Gasteiger partial charge >= 0.3 is 6.09 Å². The van der Waals surface area contributed by atoms with E-state index in [0.29, 0.717) is 17.9 Å². The Bertz CT molecular complexity index is 733. The maximum Gasteiger partial charge on any atom is 0.410 e. The van der Waals surface area contributed by atoms with Gasteiger partial charge in [-0.1, -0.05) is 6.92 Å². The number of piperidine rings is 2. The molecule has 8 nitrogen and oxygen atoms in total. The average Bonchev–Trinajstić information content (AvgIpc) is 3.25. The first kappa shape index (κ1) is 26.7. The van der Waals surface area contributed by atoms with Gasteiger partial charge in [-0.25, -0.2) is 9.78 Å². The Kier molecular flexibility index (Phi) is 10.1. The Labute approximate surface area is 210 Å². The summed E-state index contributed by atoms with van der Waals surface area (Å²) in [6, 6.07) is 0.413. The Morgan fingerprint density at radius 2 is 2.00 bits per heavy atom. The van der Waals surface area contributed by atoms with Gasteiger partial charge < -0.3 is 24.4 Å². The highest BCUT2D eigenvalue weighted by Gasteiger charge is 2.30. The van der Waals surface area contributed by atoms with Crippen LogP contribution >= 0.6 is 24.0 Å². The minimum Gasteiger partial charge on any atom is -0.444 e. The molecule has 1 aromatic heterocycles. The lowest BCUT2D eigenvalue weighted by atomic mass is 9.93. The minimum absolute atomic E-state index is 0. The quantitative estimate of drug-likeness (QED) is 0.343. The van der Waals surface area contributed by atoms with Crippen molar-refractivity contribution in [1.82, 2.24) is 24.7 Å². The van der Waals surface area contributed by atoms with Crippen molar-refractivity contribution in [3.8, 4) is 0 Å². The molecule has 0 radical (unpaired) electrons. The molecule has 0 aromatic carbocycles. The number of aliphatic imine (C=N–C) groups is 1. The minimum atomic E-state index is -0.446. The van der Waals surface area contributed by atoms with E-state index in [2.05, 4.69) is 37.9 Å². The van der Waals surface area contributed by atoms with Crippen LogP contribution in [0.15, 0.2) is 23.7 Å². The molecule has 1 amide bonds. The Hall–Kier alpha value is -1.52. The van der Waals surface area contributed by atoms with Crippen LogP contribution in [0.4, 0.5) is 4.79 Å². The van der Waals surface area contributed by atoms with E-state index >= 15 is 0 Å². The van der Waals surface area contributed by atoms with Crippen LogP contribution < -0.4 is 5.32 Å². The molecule has 3 atom stereocenters. The number of hydrogen-bond donors (Lipinski definition) is 1. The highest BCUT2D eigenvalue weighted by molar-refractivity contribution is 14.0. The molecule has 9 heteroatoms. The van der Waals surface area contributed by atoms with E-state index in [-0.39, 0.29) is 30.1 Å². The molecule has 3 heterocycles. The van der Waals surface area contributed by atoms with Crippen molar-refractivity contribution in [3.63, 3.8) is 0 Å². The molecule has 3 rings (SSSR count). The number of imidazole rings is 1. The number of nitrogens with zero attached hydrogens (tertiary/aromatic N) is 5. The number of likely N-dealkylation sites (tertiary alicyclic amines) is 2. The summed E-state index contributed by atoms with van der Waals surface area (Å²) in [5, 5.41) is 3.57. The summed E-state index contributed by atoms with van der Waals surface area (Å²) < 4.78 is 7.77. The van der Waals surface area contributed by atoms with Gasteiger partial charge in [0.2, 0.25) is 0 Å². The summed E-state index contributed by atoms with van der Waals surface area (Å²) in [7, 11) is 1.86. The number of carbonyl (C=O) groups is 1. The standard InChI is InChI=1S/C23H40N6O2.HI/c1-18-9-13-27(16-20(18)29-14-11-25-17-29)21(24-5)26-10-8-19-7-6-12-28(15-19)22(30)31-23(2,3)4;/h11,14,17-20H,6-10,12-13,15-16H2,1-5H3,(H,24,26);1H. The van der Waals surface area contributed by atoms with E-state index in [4.69, 9.17) is 4.74 Å². The lowest BCUT2D eigenvalue weighted by Gasteiger charge is -2.39. The second kappa shape index (κ2) is 12.1. The molecule has 2 aliphatic heterocycles. The van der Waals surface area contributed by atoms with Gasteiger partial charge in [-0.05, 0) is 58.3 Å². The van der Waals surface area contributed by atoms with Gasteiger partial charge in [-0.2, -0.15) is 0 Å². The fraction of sp³-hybridized carbons (Fsp3) is 0.783. The van der Waals surface area contributed by atoms with Crippen molar-refractivity contribution in [2.75, 3.05) is 39.8 Å². The molecule has 0 saturated carbocycles. The number of nitrogens with one attached hydrogen (secondary N) is 1.